The molecule has 0 bridgehead atoms. The molecule has 2 aromatic heterocycles. The van der Waals surface area contributed by atoms with E-state index in [-0.39, 0.29) is 17.3 Å². The van der Waals surface area contributed by atoms with Crippen molar-refractivity contribution in [3.63, 3.8) is 0 Å². The lowest BCUT2D eigenvalue weighted by atomic mass is 10.2. The average molecular weight is 326 g/mol. The molecule has 10 heteroatoms. The lowest BCUT2D eigenvalue weighted by molar-refractivity contribution is 0.0946. The fourth-order valence-electron chi connectivity index (χ4n) is 1.97. The fourth-order valence-corrected chi connectivity index (χ4v) is 1.97. The molecule has 0 saturated heterocycles. The third kappa shape index (κ3) is 2.97. The molecule has 10 nitrogen and oxygen atoms in total. The molecule has 3 aromatic rings. The van der Waals surface area contributed by atoms with Crippen LogP contribution < -0.4 is 11.2 Å². The van der Waals surface area contributed by atoms with E-state index < -0.39 is 5.91 Å². The van der Waals surface area contributed by atoms with Gasteiger partial charge in [0.25, 0.3) is 5.91 Å². The molecular formula is C14H14N8O2. The first kappa shape index (κ1) is 15.3. The number of nitrogens with zero attached hydrogens (tertiary/aromatic N) is 6. The first-order chi connectivity index (χ1) is 11.6. The minimum Gasteiger partial charge on any atom is -0.378 e. The number of carbonyl (C=O) groups excluding carboxylic acids is 1. The number of nitrogens with two attached hydrogens (primary N) is 1. The second kappa shape index (κ2) is 6.28. The number of aryl methyl sites for hydroxylation is 2. The monoisotopic (exact) mass is 326 g/mol. The first-order valence-electron chi connectivity index (χ1n) is 6.97. The van der Waals surface area contributed by atoms with Crippen molar-refractivity contribution < 1.29 is 9.42 Å². The number of carbonyl (C=O) groups is 1. The molecule has 0 unspecified atom stereocenters. The Morgan fingerprint density at radius 1 is 1.29 bits per heavy atom. The maximum Gasteiger partial charge on any atom is 0.292 e. The Labute approximate surface area is 136 Å². The maximum atomic E-state index is 12.4. The fraction of sp³-hybridized carbons (Fsp3) is 0.143. The Morgan fingerprint density at radius 3 is 2.71 bits per heavy atom. The molecule has 24 heavy (non-hydrogen) atoms. The van der Waals surface area contributed by atoms with Crippen molar-refractivity contribution >= 4 is 17.9 Å². The SMILES string of the molecule is Cc1ccc(/C=N/NC(=O)c2c(C)nnn2-c2nonc2N)cc1. The van der Waals surface area contributed by atoms with Crippen molar-refractivity contribution in [1.29, 1.82) is 0 Å². The Balaban J connectivity index is 1.80. The Hall–Kier alpha value is -3.56. The van der Waals surface area contributed by atoms with Crippen molar-refractivity contribution in [2.75, 3.05) is 5.73 Å². The van der Waals surface area contributed by atoms with E-state index in [1.165, 1.54) is 6.21 Å². The molecule has 2 heterocycles. The van der Waals surface area contributed by atoms with Gasteiger partial charge < -0.3 is 5.73 Å². The zero-order valence-corrected chi connectivity index (χ0v) is 13.0. The van der Waals surface area contributed by atoms with Gasteiger partial charge in [-0.25, -0.2) is 10.1 Å². The quantitative estimate of drug-likeness (QED) is 0.529. The van der Waals surface area contributed by atoms with Crippen molar-refractivity contribution in [1.82, 2.24) is 30.7 Å². The highest BCUT2D eigenvalue weighted by Crippen LogP contribution is 2.14. The third-order valence-electron chi connectivity index (χ3n) is 3.21. The van der Waals surface area contributed by atoms with Crippen molar-refractivity contribution in [3.8, 4) is 5.82 Å². The normalized spacial score (nSPS) is 11.1. The van der Waals surface area contributed by atoms with Crippen LogP contribution in [0.1, 0.15) is 27.3 Å². The second-order valence-electron chi connectivity index (χ2n) is 5.02. The second-order valence-corrected chi connectivity index (χ2v) is 5.02. The molecule has 1 amide bonds. The third-order valence-corrected chi connectivity index (χ3v) is 3.21. The van der Waals surface area contributed by atoms with Crippen LogP contribution in [0, 0.1) is 13.8 Å². The molecule has 0 aliphatic heterocycles. The summed E-state index contributed by atoms with van der Waals surface area (Å²) in [6, 6.07) is 7.69. The zero-order valence-electron chi connectivity index (χ0n) is 13.0. The summed E-state index contributed by atoms with van der Waals surface area (Å²) < 4.78 is 5.67. The highest BCUT2D eigenvalue weighted by atomic mass is 16.6. The summed E-state index contributed by atoms with van der Waals surface area (Å²) in [5.41, 5.74) is 10.6. The topological polar surface area (TPSA) is 137 Å². The minimum absolute atomic E-state index is 0.00268. The minimum atomic E-state index is -0.511. The van der Waals surface area contributed by atoms with Crippen LogP contribution in [0.2, 0.25) is 0 Å². The number of aromatic nitrogens is 5. The molecule has 3 N–H and O–H groups in total. The number of amides is 1. The van der Waals surface area contributed by atoms with Gasteiger partial charge in [0.05, 0.1) is 11.9 Å². The van der Waals surface area contributed by atoms with Crippen LogP contribution in [0.4, 0.5) is 5.82 Å². The average Bonchev–Trinajstić information content (AvgIpc) is 3.14. The molecule has 0 spiro atoms. The zero-order chi connectivity index (χ0) is 17.1. The Morgan fingerprint density at radius 2 is 2.04 bits per heavy atom. The summed E-state index contributed by atoms with van der Waals surface area (Å²) in [6.07, 6.45) is 1.53. The molecule has 0 saturated carbocycles. The lowest BCUT2D eigenvalue weighted by Gasteiger charge is -2.02. The summed E-state index contributed by atoms with van der Waals surface area (Å²) in [5, 5.41) is 18.7. The van der Waals surface area contributed by atoms with Crippen molar-refractivity contribution in [2.24, 2.45) is 5.10 Å². The Bertz CT molecular complexity index is 894. The van der Waals surface area contributed by atoms with Crippen molar-refractivity contribution in [2.45, 2.75) is 13.8 Å². The van der Waals surface area contributed by atoms with Gasteiger partial charge in [0, 0.05) is 0 Å². The lowest BCUT2D eigenvalue weighted by Crippen LogP contribution is -2.22. The largest absolute Gasteiger partial charge is 0.378 e. The van der Waals surface area contributed by atoms with Crippen LogP contribution in [-0.2, 0) is 0 Å². The van der Waals surface area contributed by atoms with Gasteiger partial charge >= 0.3 is 0 Å². The van der Waals surface area contributed by atoms with Gasteiger partial charge in [0.1, 0.15) is 0 Å². The number of hydrogen-bond donors (Lipinski definition) is 2. The van der Waals surface area contributed by atoms with E-state index in [0.717, 1.165) is 15.8 Å². The molecule has 122 valence electrons. The number of benzene rings is 1. The number of hydrazone groups is 1. The van der Waals surface area contributed by atoms with Gasteiger partial charge in [0.2, 0.25) is 11.6 Å². The molecular weight excluding hydrogens is 312 g/mol. The van der Waals surface area contributed by atoms with E-state index in [9.17, 15) is 4.79 Å². The number of nitrogen functional groups attached to an aromatic ring is 1. The Kier molecular flexibility index (Phi) is 4.01. The maximum absolute atomic E-state index is 12.4. The predicted molar refractivity (Wildman–Crippen MR) is 84.6 cm³/mol. The number of anilines is 1. The van der Waals surface area contributed by atoms with Crippen LogP contribution in [0.5, 0.6) is 0 Å². The molecule has 0 atom stereocenters. The van der Waals surface area contributed by atoms with E-state index in [0.29, 0.717) is 5.69 Å². The van der Waals surface area contributed by atoms with Crippen LogP contribution in [-0.4, -0.2) is 37.4 Å². The van der Waals surface area contributed by atoms with Crippen LogP contribution in [0.3, 0.4) is 0 Å². The summed E-state index contributed by atoms with van der Waals surface area (Å²) in [4.78, 5) is 12.4. The predicted octanol–water partition coefficient (Wildman–Crippen LogP) is 0.613. The summed E-state index contributed by atoms with van der Waals surface area (Å²) in [7, 11) is 0. The van der Waals surface area contributed by atoms with E-state index in [1.807, 2.05) is 31.2 Å². The molecule has 1 aromatic carbocycles. The standard InChI is InChI=1S/C14H14N8O2/c1-8-3-5-10(6-4-8)7-16-18-14(23)11-9(2)17-21-22(11)13-12(15)19-24-20-13/h3-7H,1-2H3,(H2,15,19)(H,18,23)/b16-7+. The summed E-state index contributed by atoms with van der Waals surface area (Å²) in [6.45, 7) is 3.62. The van der Waals surface area contributed by atoms with E-state index in [1.54, 1.807) is 6.92 Å². The molecule has 0 aliphatic carbocycles. The van der Waals surface area contributed by atoms with Gasteiger partial charge in [0.15, 0.2) is 5.69 Å². The molecule has 0 fully saturated rings. The van der Waals surface area contributed by atoms with Crippen molar-refractivity contribution in [3.05, 3.63) is 46.8 Å². The van der Waals surface area contributed by atoms with Gasteiger partial charge in [-0.05, 0) is 29.7 Å². The van der Waals surface area contributed by atoms with Crippen LogP contribution in [0.25, 0.3) is 5.82 Å². The molecule has 3 rings (SSSR count). The van der Waals surface area contributed by atoms with Crippen LogP contribution in [0.15, 0.2) is 34.0 Å². The molecule has 0 radical (unpaired) electrons. The van der Waals surface area contributed by atoms with E-state index in [4.69, 9.17) is 5.73 Å². The number of nitrogens with one attached hydrogen (secondary N) is 1. The van der Waals surface area contributed by atoms with Gasteiger partial charge in [-0.15, -0.1) is 5.10 Å². The number of hydrogen-bond acceptors (Lipinski definition) is 8. The summed E-state index contributed by atoms with van der Waals surface area (Å²) >= 11 is 0. The van der Waals surface area contributed by atoms with Gasteiger partial charge in [-0.1, -0.05) is 35.0 Å². The van der Waals surface area contributed by atoms with Gasteiger partial charge in [-0.2, -0.15) is 9.78 Å². The summed E-state index contributed by atoms with van der Waals surface area (Å²) in [5.74, 6) is -0.427. The first-order valence-corrected chi connectivity index (χ1v) is 6.97. The van der Waals surface area contributed by atoms with E-state index in [2.05, 4.69) is 35.8 Å². The highest BCUT2D eigenvalue weighted by Gasteiger charge is 2.22. The smallest absolute Gasteiger partial charge is 0.292 e. The molecule has 0 aliphatic rings. The van der Waals surface area contributed by atoms with Crippen LogP contribution >= 0.6 is 0 Å². The number of rotatable bonds is 4. The highest BCUT2D eigenvalue weighted by molar-refractivity contribution is 5.94. The van der Waals surface area contributed by atoms with Gasteiger partial charge in [-0.3, -0.25) is 4.79 Å². The van der Waals surface area contributed by atoms with E-state index >= 15 is 0 Å².